The van der Waals surface area contributed by atoms with Crippen molar-refractivity contribution in [3.05, 3.63) is 48.3 Å². The summed E-state index contributed by atoms with van der Waals surface area (Å²) < 4.78 is 6.01. The van der Waals surface area contributed by atoms with E-state index in [2.05, 4.69) is 32.0 Å². The van der Waals surface area contributed by atoms with Crippen molar-refractivity contribution in [1.82, 2.24) is 15.5 Å². The maximum Gasteiger partial charge on any atom is 0.131 e. The van der Waals surface area contributed by atoms with Gasteiger partial charge in [-0.15, -0.1) is 0 Å². The molecule has 0 amide bonds. The van der Waals surface area contributed by atoms with Gasteiger partial charge in [-0.05, 0) is 65.1 Å². The molecular weight excluding hydrogens is 344 g/mol. The van der Waals surface area contributed by atoms with Gasteiger partial charge in [-0.25, -0.2) is 9.88 Å². The predicted octanol–water partition coefficient (Wildman–Crippen LogP) is 3.70. The maximum absolute atomic E-state index is 8.93. The summed E-state index contributed by atoms with van der Waals surface area (Å²) in [6.07, 6.45) is 3.86. The van der Waals surface area contributed by atoms with Crippen molar-refractivity contribution in [3.8, 4) is 5.75 Å². The predicted molar refractivity (Wildman–Crippen MR) is 108 cm³/mol. The molecule has 27 heavy (non-hydrogen) atoms. The molecule has 1 aromatic carbocycles. The molecule has 2 unspecified atom stereocenters. The third-order valence-electron chi connectivity index (χ3n) is 4.23. The minimum Gasteiger partial charge on any atom is -0.491 e. The summed E-state index contributed by atoms with van der Waals surface area (Å²) in [5.74, 6) is 0.774. The second-order valence-corrected chi connectivity index (χ2v) is 6.26. The Hall–Kier alpha value is -2.48. The first-order chi connectivity index (χ1) is 13.0. The van der Waals surface area contributed by atoms with E-state index < -0.39 is 6.10 Å². The van der Waals surface area contributed by atoms with Crippen molar-refractivity contribution in [2.45, 2.75) is 39.4 Å². The van der Waals surface area contributed by atoms with Crippen LogP contribution in [-0.2, 0) is 4.89 Å². The minimum absolute atomic E-state index is 0.0926. The van der Waals surface area contributed by atoms with Gasteiger partial charge in [0.15, 0.2) is 0 Å². The van der Waals surface area contributed by atoms with Crippen molar-refractivity contribution in [2.24, 2.45) is 4.99 Å². The summed E-state index contributed by atoms with van der Waals surface area (Å²) in [5.41, 5.74) is 2.70. The Morgan fingerprint density at radius 1 is 1.44 bits per heavy atom. The molecule has 0 saturated carbocycles. The summed E-state index contributed by atoms with van der Waals surface area (Å²) in [4.78, 5) is 8.94. The molecule has 1 heterocycles. The van der Waals surface area contributed by atoms with E-state index in [1.807, 2.05) is 39.1 Å². The Kier molecular flexibility index (Phi) is 7.72. The molecule has 2 rings (SSSR count). The van der Waals surface area contributed by atoms with Crippen LogP contribution in [0.5, 0.6) is 5.75 Å². The highest BCUT2D eigenvalue weighted by Gasteiger charge is 2.15. The number of fused-ring (bicyclic) bond motifs is 1. The molecule has 0 bridgehead atoms. The quantitative estimate of drug-likeness (QED) is 0.336. The van der Waals surface area contributed by atoms with E-state index in [4.69, 9.17) is 9.99 Å². The van der Waals surface area contributed by atoms with Crippen LogP contribution in [-0.4, -0.2) is 47.0 Å². The highest BCUT2D eigenvalue weighted by atomic mass is 17.1. The number of nitrogens with one attached hydrogen (secondary N) is 2. The van der Waals surface area contributed by atoms with Gasteiger partial charge in [-0.1, -0.05) is 12.7 Å². The molecule has 3 N–H and O–H groups in total. The normalized spacial score (nSPS) is 15.0. The van der Waals surface area contributed by atoms with Gasteiger partial charge in [0, 0.05) is 5.39 Å². The van der Waals surface area contributed by atoms with Gasteiger partial charge >= 0.3 is 0 Å². The first-order valence-corrected chi connectivity index (χ1v) is 9.01. The summed E-state index contributed by atoms with van der Waals surface area (Å²) in [5, 5.41) is 20.3. The fourth-order valence-electron chi connectivity index (χ4n) is 2.68. The maximum atomic E-state index is 8.93. The van der Waals surface area contributed by atoms with Gasteiger partial charge in [0.2, 0.25) is 0 Å². The number of benzene rings is 1. The van der Waals surface area contributed by atoms with Crippen LogP contribution < -0.4 is 10.1 Å². The number of hydrogen-bond donors (Lipinski definition) is 3. The zero-order chi connectivity index (χ0) is 19.8. The Labute approximate surface area is 159 Å². The van der Waals surface area contributed by atoms with Crippen LogP contribution in [0.3, 0.4) is 0 Å². The molecule has 0 fully saturated rings. The van der Waals surface area contributed by atoms with Crippen LogP contribution in [0.4, 0.5) is 0 Å². The third-order valence-corrected chi connectivity index (χ3v) is 4.23. The van der Waals surface area contributed by atoms with Gasteiger partial charge in [0.1, 0.15) is 17.5 Å². The van der Waals surface area contributed by atoms with Crippen LogP contribution in [0.2, 0.25) is 0 Å². The second kappa shape index (κ2) is 10.0. The lowest BCUT2D eigenvalue weighted by Gasteiger charge is -2.14. The van der Waals surface area contributed by atoms with Crippen molar-refractivity contribution in [2.75, 3.05) is 13.6 Å². The highest BCUT2D eigenvalue weighted by Crippen LogP contribution is 2.25. The number of rotatable bonds is 10. The van der Waals surface area contributed by atoms with E-state index in [9.17, 15) is 0 Å². The van der Waals surface area contributed by atoms with E-state index in [0.29, 0.717) is 17.1 Å². The van der Waals surface area contributed by atoms with Gasteiger partial charge in [0.25, 0.3) is 0 Å². The molecule has 7 heteroatoms. The molecule has 7 nitrogen and oxygen atoms in total. The Balaban J connectivity index is 2.37. The zero-order valence-electron chi connectivity index (χ0n) is 16.3. The molecule has 0 saturated heterocycles. The molecule has 146 valence electrons. The van der Waals surface area contributed by atoms with Gasteiger partial charge in [-0.2, -0.15) is 5.10 Å². The number of aliphatic imine (C=N–C) groups is 1. The molecule has 0 aliphatic carbocycles. The van der Waals surface area contributed by atoms with Crippen molar-refractivity contribution >= 4 is 16.6 Å². The van der Waals surface area contributed by atoms with Gasteiger partial charge in [-0.3, -0.25) is 10.4 Å². The zero-order valence-corrected chi connectivity index (χ0v) is 16.3. The molecule has 1 aromatic heterocycles. The van der Waals surface area contributed by atoms with Gasteiger partial charge in [0.05, 0.1) is 23.0 Å². The van der Waals surface area contributed by atoms with Crippen LogP contribution in [0.1, 0.15) is 32.9 Å². The monoisotopic (exact) mass is 372 g/mol. The molecule has 0 aliphatic heterocycles. The summed E-state index contributed by atoms with van der Waals surface area (Å²) in [7, 11) is 1.92. The smallest absolute Gasteiger partial charge is 0.131 e. The van der Waals surface area contributed by atoms with E-state index in [1.54, 1.807) is 19.1 Å². The SMILES string of the molecule is C=C/C(=N\C(=C/C)C(C)OO)c1n[nH]c2ccc(OC(C)CCNC)cc12. The average Bonchev–Trinajstić information content (AvgIpc) is 3.10. The molecule has 0 spiro atoms. The number of hydrogen-bond acceptors (Lipinski definition) is 6. The van der Waals surface area contributed by atoms with Crippen molar-refractivity contribution < 1.29 is 14.9 Å². The molecule has 0 aliphatic rings. The number of aromatic nitrogens is 2. The lowest BCUT2D eigenvalue weighted by atomic mass is 10.1. The van der Waals surface area contributed by atoms with Crippen LogP contribution in [0.15, 0.2) is 47.6 Å². The fraction of sp³-hybridized carbons (Fsp3) is 0.400. The van der Waals surface area contributed by atoms with Crippen LogP contribution in [0.25, 0.3) is 10.9 Å². The number of allylic oxidation sites excluding steroid dienone is 2. The Morgan fingerprint density at radius 2 is 2.22 bits per heavy atom. The topological polar surface area (TPSA) is 91.8 Å². The van der Waals surface area contributed by atoms with E-state index >= 15 is 0 Å². The lowest BCUT2D eigenvalue weighted by Crippen LogP contribution is -2.19. The van der Waals surface area contributed by atoms with Crippen LogP contribution in [0, 0.1) is 0 Å². The standard InChI is InChI=1S/C20H28N4O3/c1-6-17(14(4)27-25)22-18(7-2)20-16-12-15(8-9-19(16)23-24-20)26-13(3)10-11-21-5/h6-9,12-14,21,25H,2,10-11H2,1,3-5H3,(H,23,24)/b17-6-,22-18+. The third kappa shape index (κ3) is 5.26. The van der Waals surface area contributed by atoms with Crippen molar-refractivity contribution in [1.29, 1.82) is 0 Å². The molecule has 0 radical (unpaired) electrons. The lowest BCUT2D eigenvalue weighted by molar-refractivity contribution is -0.264. The first kappa shape index (κ1) is 20.8. The number of aromatic amines is 1. The number of ether oxygens (including phenoxy) is 1. The first-order valence-electron chi connectivity index (χ1n) is 9.01. The number of H-pyrrole nitrogens is 1. The summed E-state index contributed by atoms with van der Waals surface area (Å²) in [6.45, 7) is 10.3. The molecular formula is C20H28N4O3. The molecule has 2 aromatic rings. The largest absolute Gasteiger partial charge is 0.491 e. The van der Waals surface area contributed by atoms with E-state index in [-0.39, 0.29) is 6.10 Å². The second-order valence-electron chi connectivity index (χ2n) is 6.26. The van der Waals surface area contributed by atoms with Crippen LogP contribution >= 0.6 is 0 Å². The Bertz CT molecular complexity index is 826. The average molecular weight is 372 g/mol. The van der Waals surface area contributed by atoms with Crippen molar-refractivity contribution in [3.63, 3.8) is 0 Å². The fourth-order valence-corrected chi connectivity index (χ4v) is 2.68. The Morgan fingerprint density at radius 3 is 2.85 bits per heavy atom. The van der Waals surface area contributed by atoms with E-state index in [1.165, 1.54) is 0 Å². The van der Waals surface area contributed by atoms with E-state index in [0.717, 1.165) is 29.6 Å². The van der Waals surface area contributed by atoms with Gasteiger partial charge < -0.3 is 10.1 Å². The highest BCUT2D eigenvalue weighted by molar-refractivity contribution is 6.15. The summed E-state index contributed by atoms with van der Waals surface area (Å²) >= 11 is 0. The summed E-state index contributed by atoms with van der Waals surface area (Å²) in [6, 6.07) is 5.80. The minimum atomic E-state index is -0.554. The number of nitrogens with zero attached hydrogens (tertiary/aromatic N) is 2. The molecule has 2 atom stereocenters.